The third-order valence-electron chi connectivity index (χ3n) is 4.11. The number of nitrogens with zero attached hydrogens (tertiary/aromatic N) is 1. The molecule has 1 aromatic rings. The molecule has 1 aliphatic rings. The topological polar surface area (TPSA) is 38.5 Å². The fourth-order valence-corrected chi connectivity index (χ4v) is 2.76. The molecule has 1 saturated carbocycles. The zero-order valence-corrected chi connectivity index (χ0v) is 14.7. The number of hydrogen-bond donors (Lipinski definition) is 1. The summed E-state index contributed by atoms with van der Waals surface area (Å²) in [7, 11) is 2.11. The third kappa shape index (κ3) is 5.61. The summed E-state index contributed by atoms with van der Waals surface area (Å²) < 4.78 is 6.85. The molecule has 2 rings (SSSR count). The molecule has 0 radical (unpaired) electrons. The van der Waals surface area contributed by atoms with Crippen molar-refractivity contribution in [2.24, 2.45) is 11.7 Å². The Balaban J connectivity index is 1.82. The van der Waals surface area contributed by atoms with Gasteiger partial charge in [0.2, 0.25) is 0 Å². The molecule has 0 bridgehead atoms. The van der Waals surface area contributed by atoms with Gasteiger partial charge in [-0.3, -0.25) is 0 Å². The average Bonchev–Trinajstić information content (AvgIpc) is 3.29. The van der Waals surface area contributed by atoms with Gasteiger partial charge in [-0.1, -0.05) is 28.9 Å². The fraction of sp³-hybridized carbons (Fsp3) is 0.647. The van der Waals surface area contributed by atoms with E-state index in [1.54, 1.807) is 0 Å². The van der Waals surface area contributed by atoms with Gasteiger partial charge in [-0.05, 0) is 49.3 Å². The van der Waals surface area contributed by atoms with Crippen molar-refractivity contribution < 1.29 is 4.74 Å². The van der Waals surface area contributed by atoms with Crippen LogP contribution in [0.25, 0.3) is 0 Å². The molecule has 0 saturated heterocycles. The molecule has 0 amide bonds. The van der Waals surface area contributed by atoms with Crippen molar-refractivity contribution in [2.45, 2.75) is 38.6 Å². The average molecular weight is 355 g/mol. The molecule has 4 heteroatoms. The first-order chi connectivity index (χ1) is 10.1. The van der Waals surface area contributed by atoms with Crippen LogP contribution in [0.4, 0.5) is 5.69 Å². The van der Waals surface area contributed by atoms with Crippen LogP contribution in [-0.2, 0) is 11.2 Å². The Labute approximate surface area is 137 Å². The highest BCUT2D eigenvalue weighted by Gasteiger charge is 2.21. The van der Waals surface area contributed by atoms with Crippen LogP contribution in [0.5, 0.6) is 0 Å². The highest BCUT2D eigenvalue weighted by molar-refractivity contribution is 9.10. The summed E-state index contributed by atoms with van der Waals surface area (Å²) in [5, 5.41) is 0. The van der Waals surface area contributed by atoms with Gasteiger partial charge in [-0.2, -0.15) is 0 Å². The number of anilines is 1. The molecule has 1 unspecified atom stereocenters. The van der Waals surface area contributed by atoms with E-state index in [2.05, 4.69) is 53.0 Å². The van der Waals surface area contributed by atoms with Crippen molar-refractivity contribution in [3.05, 3.63) is 28.2 Å². The standard InChI is InChI=1S/C17H27BrN2O/c1-3-15(19)10-14-6-7-16(11-17(14)18)20(2)8-9-21-12-13-4-5-13/h6-7,11,13,15H,3-5,8-10,12,19H2,1-2H3. The first kappa shape index (κ1) is 16.8. The van der Waals surface area contributed by atoms with Crippen molar-refractivity contribution >= 4 is 21.6 Å². The van der Waals surface area contributed by atoms with Crippen LogP contribution in [0.15, 0.2) is 22.7 Å². The van der Waals surface area contributed by atoms with Gasteiger partial charge in [0, 0.05) is 36.4 Å². The second kappa shape index (κ2) is 8.16. The number of nitrogens with two attached hydrogens (primary N) is 1. The first-order valence-corrected chi connectivity index (χ1v) is 8.72. The van der Waals surface area contributed by atoms with Crippen LogP contribution in [0, 0.1) is 5.92 Å². The van der Waals surface area contributed by atoms with Crippen molar-refractivity contribution in [2.75, 3.05) is 31.7 Å². The van der Waals surface area contributed by atoms with Crippen molar-refractivity contribution in [1.29, 1.82) is 0 Å². The van der Waals surface area contributed by atoms with E-state index >= 15 is 0 Å². The lowest BCUT2D eigenvalue weighted by molar-refractivity contribution is 0.131. The predicted octanol–water partition coefficient (Wildman–Crippen LogP) is 3.59. The van der Waals surface area contributed by atoms with Gasteiger partial charge < -0.3 is 15.4 Å². The minimum absolute atomic E-state index is 0.237. The molecule has 1 atom stereocenters. The van der Waals surface area contributed by atoms with Crippen LogP contribution in [0.2, 0.25) is 0 Å². The molecule has 0 heterocycles. The molecule has 1 aromatic carbocycles. The van der Waals surface area contributed by atoms with E-state index in [1.807, 2.05) is 0 Å². The summed E-state index contributed by atoms with van der Waals surface area (Å²) in [6.45, 7) is 4.79. The SMILES string of the molecule is CCC(N)Cc1ccc(N(C)CCOCC2CC2)cc1Br. The van der Waals surface area contributed by atoms with Crippen LogP contribution in [0.3, 0.4) is 0 Å². The molecule has 21 heavy (non-hydrogen) atoms. The smallest absolute Gasteiger partial charge is 0.0641 e. The van der Waals surface area contributed by atoms with Crippen molar-refractivity contribution in [3.8, 4) is 0 Å². The van der Waals surface area contributed by atoms with E-state index < -0.39 is 0 Å². The summed E-state index contributed by atoms with van der Waals surface area (Å²) >= 11 is 3.67. The number of hydrogen-bond acceptors (Lipinski definition) is 3. The van der Waals surface area contributed by atoms with E-state index in [1.165, 1.54) is 24.1 Å². The van der Waals surface area contributed by atoms with Gasteiger partial charge in [-0.25, -0.2) is 0 Å². The van der Waals surface area contributed by atoms with Crippen LogP contribution in [-0.4, -0.2) is 32.8 Å². The summed E-state index contributed by atoms with van der Waals surface area (Å²) in [5.74, 6) is 0.839. The van der Waals surface area contributed by atoms with E-state index in [9.17, 15) is 0 Å². The third-order valence-corrected chi connectivity index (χ3v) is 4.84. The Morgan fingerprint density at radius 3 is 2.81 bits per heavy atom. The minimum Gasteiger partial charge on any atom is -0.379 e. The van der Waals surface area contributed by atoms with Crippen LogP contribution < -0.4 is 10.6 Å². The summed E-state index contributed by atoms with van der Waals surface area (Å²) in [6.07, 6.45) is 4.63. The van der Waals surface area contributed by atoms with E-state index in [0.29, 0.717) is 0 Å². The minimum atomic E-state index is 0.237. The molecular formula is C17H27BrN2O. The molecule has 1 fully saturated rings. The first-order valence-electron chi connectivity index (χ1n) is 7.93. The second-order valence-corrected chi connectivity index (χ2v) is 6.94. The maximum atomic E-state index is 6.03. The highest BCUT2D eigenvalue weighted by Crippen LogP contribution is 2.29. The number of rotatable bonds is 9. The largest absolute Gasteiger partial charge is 0.379 e. The Hall–Kier alpha value is -0.580. The Bertz CT molecular complexity index is 448. The zero-order chi connectivity index (χ0) is 15.2. The maximum Gasteiger partial charge on any atom is 0.0641 e. The predicted molar refractivity (Wildman–Crippen MR) is 92.9 cm³/mol. The van der Waals surface area contributed by atoms with E-state index in [-0.39, 0.29) is 6.04 Å². The van der Waals surface area contributed by atoms with Gasteiger partial charge in [0.25, 0.3) is 0 Å². The van der Waals surface area contributed by atoms with E-state index in [0.717, 1.165) is 43.0 Å². The lowest BCUT2D eigenvalue weighted by atomic mass is 10.0. The number of likely N-dealkylation sites (N-methyl/N-ethyl adjacent to an activating group) is 1. The van der Waals surface area contributed by atoms with Crippen LogP contribution in [0.1, 0.15) is 31.7 Å². The normalized spacial score (nSPS) is 16.0. The molecule has 3 nitrogen and oxygen atoms in total. The Morgan fingerprint density at radius 2 is 2.19 bits per heavy atom. The molecular weight excluding hydrogens is 328 g/mol. The Kier molecular flexibility index (Phi) is 6.52. The highest BCUT2D eigenvalue weighted by atomic mass is 79.9. The molecule has 0 aliphatic heterocycles. The van der Waals surface area contributed by atoms with Gasteiger partial charge in [0.15, 0.2) is 0 Å². The molecule has 0 aromatic heterocycles. The zero-order valence-electron chi connectivity index (χ0n) is 13.1. The molecule has 2 N–H and O–H groups in total. The van der Waals surface area contributed by atoms with Crippen molar-refractivity contribution in [1.82, 2.24) is 0 Å². The van der Waals surface area contributed by atoms with Gasteiger partial charge in [0.1, 0.15) is 0 Å². The van der Waals surface area contributed by atoms with Gasteiger partial charge in [0.05, 0.1) is 6.61 Å². The fourth-order valence-electron chi connectivity index (χ4n) is 2.23. The van der Waals surface area contributed by atoms with Crippen molar-refractivity contribution in [3.63, 3.8) is 0 Å². The lowest BCUT2D eigenvalue weighted by Crippen LogP contribution is -2.23. The van der Waals surface area contributed by atoms with E-state index in [4.69, 9.17) is 10.5 Å². The number of ether oxygens (including phenoxy) is 1. The number of benzene rings is 1. The number of halogens is 1. The molecule has 0 spiro atoms. The summed E-state index contributed by atoms with van der Waals surface area (Å²) in [5.41, 5.74) is 8.53. The summed E-state index contributed by atoms with van der Waals surface area (Å²) in [6, 6.07) is 6.76. The monoisotopic (exact) mass is 354 g/mol. The lowest BCUT2D eigenvalue weighted by Gasteiger charge is -2.21. The van der Waals surface area contributed by atoms with Crippen LogP contribution >= 0.6 is 15.9 Å². The summed E-state index contributed by atoms with van der Waals surface area (Å²) in [4.78, 5) is 2.24. The van der Waals surface area contributed by atoms with Gasteiger partial charge >= 0.3 is 0 Å². The maximum absolute atomic E-state index is 6.03. The Morgan fingerprint density at radius 1 is 1.43 bits per heavy atom. The molecule has 118 valence electrons. The van der Waals surface area contributed by atoms with Gasteiger partial charge in [-0.15, -0.1) is 0 Å². The second-order valence-electron chi connectivity index (χ2n) is 6.09. The molecule has 1 aliphatic carbocycles. The quantitative estimate of drug-likeness (QED) is 0.688.